The Balaban J connectivity index is 2.83. The van der Waals surface area contributed by atoms with Crippen LogP contribution < -0.4 is 4.90 Å². The zero-order chi connectivity index (χ0) is 12.9. The Morgan fingerprint density at radius 2 is 1.76 bits per heavy atom. The number of para-hydroxylation sites is 1. The number of anilines is 1. The molecule has 0 heterocycles. The summed E-state index contributed by atoms with van der Waals surface area (Å²) in [5.74, 6) is 0.213. The second-order valence-electron chi connectivity index (χ2n) is 5.62. The van der Waals surface area contributed by atoms with Crippen molar-refractivity contribution < 1.29 is 4.79 Å². The molecule has 0 N–H and O–H groups in total. The molecular weight excluding hydrogens is 210 g/mol. The largest absolute Gasteiger partial charge is 0.312 e. The minimum absolute atomic E-state index is 0.0395. The Morgan fingerprint density at radius 1 is 1.18 bits per heavy atom. The molecule has 0 saturated carbocycles. The van der Waals surface area contributed by atoms with Gasteiger partial charge in [-0.3, -0.25) is 4.79 Å². The molecule has 0 saturated heterocycles. The third-order valence-electron chi connectivity index (χ3n) is 2.50. The van der Waals surface area contributed by atoms with Crippen molar-refractivity contribution in [3.8, 4) is 0 Å². The predicted octanol–water partition coefficient (Wildman–Crippen LogP) is 3.87. The smallest absolute Gasteiger partial charge is 0.227 e. The number of benzene rings is 1. The molecule has 0 aliphatic rings. The van der Waals surface area contributed by atoms with Crippen molar-refractivity contribution in [2.45, 2.75) is 40.5 Å². The van der Waals surface area contributed by atoms with Crippen molar-refractivity contribution in [1.29, 1.82) is 0 Å². The number of hydrogen-bond donors (Lipinski definition) is 0. The zero-order valence-electron chi connectivity index (χ0n) is 11.4. The third kappa shape index (κ3) is 4.59. The molecule has 1 aromatic carbocycles. The van der Waals surface area contributed by atoms with Gasteiger partial charge in [-0.05, 0) is 24.0 Å². The second kappa shape index (κ2) is 5.85. The SMILES string of the molecule is CCCN(C(=O)CC(C)(C)C)c1ccccc1. The Kier molecular flexibility index (Phi) is 4.73. The van der Waals surface area contributed by atoms with Gasteiger partial charge in [-0.1, -0.05) is 45.9 Å². The summed E-state index contributed by atoms with van der Waals surface area (Å²) in [6.07, 6.45) is 1.56. The monoisotopic (exact) mass is 233 g/mol. The van der Waals surface area contributed by atoms with Crippen LogP contribution in [-0.2, 0) is 4.79 Å². The molecule has 17 heavy (non-hydrogen) atoms. The number of rotatable bonds is 4. The first kappa shape index (κ1) is 13.8. The summed E-state index contributed by atoms with van der Waals surface area (Å²) in [6, 6.07) is 9.92. The average Bonchev–Trinajstić information content (AvgIpc) is 2.24. The molecule has 0 bridgehead atoms. The van der Waals surface area contributed by atoms with Gasteiger partial charge in [-0.15, -0.1) is 0 Å². The molecule has 2 nitrogen and oxygen atoms in total. The Morgan fingerprint density at radius 3 is 2.24 bits per heavy atom. The molecule has 0 spiro atoms. The standard InChI is InChI=1S/C15H23NO/c1-5-11-16(13-9-7-6-8-10-13)14(17)12-15(2,3)4/h6-10H,5,11-12H2,1-4H3. The summed E-state index contributed by atoms with van der Waals surface area (Å²) in [7, 11) is 0. The molecule has 1 aromatic rings. The summed E-state index contributed by atoms with van der Waals surface area (Å²) in [5.41, 5.74) is 1.04. The maximum Gasteiger partial charge on any atom is 0.227 e. The van der Waals surface area contributed by atoms with Gasteiger partial charge in [0.05, 0.1) is 0 Å². The van der Waals surface area contributed by atoms with Crippen LogP contribution in [0.4, 0.5) is 5.69 Å². The van der Waals surface area contributed by atoms with Crippen molar-refractivity contribution >= 4 is 11.6 Å². The van der Waals surface area contributed by atoms with Gasteiger partial charge in [0.15, 0.2) is 0 Å². The van der Waals surface area contributed by atoms with E-state index in [2.05, 4.69) is 27.7 Å². The van der Waals surface area contributed by atoms with Crippen molar-refractivity contribution in [2.24, 2.45) is 5.41 Å². The van der Waals surface area contributed by atoms with E-state index in [-0.39, 0.29) is 11.3 Å². The third-order valence-corrected chi connectivity index (χ3v) is 2.50. The van der Waals surface area contributed by atoms with Crippen LogP contribution in [0.1, 0.15) is 40.5 Å². The summed E-state index contributed by atoms with van der Waals surface area (Å²) in [4.78, 5) is 14.2. The molecule has 2 heteroatoms. The lowest BCUT2D eigenvalue weighted by Crippen LogP contribution is -2.34. The number of nitrogens with zero attached hydrogens (tertiary/aromatic N) is 1. The van der Waals surface area contributed by atoms with Crippen LogP contribution in [0.5, 0.6) is 0 Å². The summed E-state index contributed by atoms with van der Waals surface area (Å²) >= 11 is 0. The Labute approximate surface area is 105 Å². The summed E-state index contributed by atoms with van der Waals surface area (Å²) in [5, 5.41) is 0. The van der Waals surface area contributed by atoms with E-state index in [1.807, 2.05) is 35.2 Å². The lowest BCUT2D eigenvalue weighted by atomic mass is 9.91. The fraction of sp³-hybridized carbons (Fsp3) is 0.533. The molecular formula is C15H23NO. The maximum atomic E-state index is 12.3. The van der Waals surface area contributed by atoms with Crippen LogP contribution >= 0.6 is 0 Å². The first-order valence-corrected chi connectivity index (χ1v) is 6.29. The molecule has 0 aliphatic carbocycles. The van der Waals surface area contributed by atoms with Crippen LogP contribution in [0.25, 0.3) is 0 Å². The van der Waals surface area contributed by atoms with Crippen molar-refractivity contribution in [3.05, 3.63) is 30.3 Å². The van der Waals surface area contributed by atoms with Crippen molar-refractivity contribution in [3.63, 3.8) is 0 Å². The zero-order valence-corrected chi connectivity index (χ0v) is 11.4. The molecule has 0 radical (unpaired) electrons. The molecule has 0 fully saturated rings. The van der Waals surface area contributed by atoms with Gasteiger partial charge in [0.1, 0.15) is 0 Å². The number of amides is 1. The average molecular weight is 233 g/mol. The highest BCUT2D eigenvalue weighted by atomic mass is 16.2. The number of carbonyl (C=O) groups excluding carboxylic acids is 1. The van der Waals surface area contributed by atoms with Gasteiger partial charge >= 0.3 is 0 Å². The van der Waals surface area contributed by atoms with Gasteiger partial charge < -0.3 is 4.90 Å². The molecule has 1 amide bonds. The summed E-state index contributed by atoms with van der Waals surface area (Å²) in [6.45, 7) is 9.18. The fourth-order valence-electron chi connectivity index (χ4n) is 1.78. The topological polar surface area (TPSA) is 20.3 Å². The molecule has 0 aromatic heterocycles. The van der Waals surface area contributed by atoms with E-state index in [1.165, 1.54) is 0 Å². The van der Waals surface area contributed by atoms with E-state index < -0.39 is 0 Å². The fourth-order valence-corrected chi connectivity index (χ4v) is 1.78. The first-order valence-electron chi connectivity index (χ1n) is 6.29. The quantitative estimate of drug-likeness (QED) is 0.773. The first-order chi connectivity index (χ1) is 7.94. The van der Waals surface area contributed by atoms with Gasteiger partial charge in [0.25, 0.3) is 0 Å². The van der Waals surface area contributed by atoms with E-state index in [9.17, 15) is 4.79 Å². The van der Waals surface area contributed by atoms with Gasteiger partial charge in [0.2, 0.25) is 5.91 Å². The molecule has 1 rings (SSSR count). The molecule has 0 atom stereocenters. The van der Waals surface area contributed by atoms with Gasteiger partial charge in [0, 0.05) is 18.7 Å². The van der Waals surface area contributed by atoms with E-state index in [1.54, 1.807) is 0 Å². The maximum absolute atomic E-state index is 12.3. The van der Waals surface area contributed by atoms with Gasteiger partial charge in [-0.25, -0.2) is 0 Å². The van der Waals surface area contributed by atoms with Crippen molar-refractivity contribution in [1.82, 2.24) is 0 Å². The Hall–Kier alpha value is -1.31. The second-order valence-corrected chi connectivity index (χ2v) is 5.62. The normalized spacial score (nSPS) is 11.3. The van der Waals surface area contributed by atoms with Crippen LogP contribution in [0.3, 0.4) is 0 Å². The highest BCUT2D eigenvalue weighted by Crippen LogP contribution is 2.23. The van der Waals surface area contributed by atoms with E-state index in [0.717, 1.165) is 18.7 Å². The Bertz CT molecular complexity index is 351. The van der Waals surface area contributed by atoms with Crippen LogP contribution in [-0.4, -0.2) is 12.5 Å². The highest BCUT2D eigenvalue weighted by Gasteiger charge is 2.21. The lowest BCUT2D eigenvalue weighted by Gasteiger charge is -2.26. The number of hydrogen-bond acceptors (Lipinski definition) is 1. The van der Waals surface area contributed by atoms with E-state index >= 15 is 0 Å². The highest BCUT2D eigenvalue weighted by molar-refractivity contribution is 5.93. The number of carbonyl (C=O) groups is 1. The minimum atomic E-state index is 0.0395. The molecule has 0 aliphatic heterocycles. The van der Waals surface area contributed by atoms with E-state index in [4.69, 9.17) is 0 Å². The summed E-state index contributed by atoms with van der Waals surface area (Å²) < 4.78 is 0. The van der Waals surface area contributed by atoms with Crippen LogP contribution in [0, 0.1) is 5.41 Å². The molecule has 0 unspecified atom stereocenters. The van der Waals surface area contributed by atoms with Crippen molar-refractivity contribution in [2.75, 3.05) is 11.4 Å². The van der Waals surface area contributed by atoms with E-state index in [0.29, 0.717) is 6.42 Å². The van der Waals surface area contributed by atoms with Crippen LogP contribution in [0.2, 0.25) is 0 Å². The lowest BCUT2D eigenvalue weighted by molar-refractivity contribution is -0.120. The van der Waals surface area contributed by atoms with Gasteiger partial charge in [-0.2, -0.15) is 0 Å². The molecule has 94 valence electrons. The minimum Gasteiger partial charge on any atom is -0.312 e. The predicted molar refractivity (Wildman–Crippen MR) is 73.2 cm³/mol. The van der Waals surface area contributed by atoms with Crippen LogP contribution in [0.15, 0.2) is 30.3 Å².